The summed E-state index contributed by atoms with van der Waals surface area (Å²) in [6.07, 6.45) is 5.43. The van der Waals surface area contributed by atoms with Crippen molar-refractivity contribution < 1.29 is 8.42 Å². The molecule has 0 radical (unpaired) electrons. The largest absolute Gasteiger partial charge is 0.313 e. The van der Waals surface area contributed by atoms with Gasteiger partial charge in [0.1, 0.15) is 0 Å². The molecule has 1 heterocycles. The summed E-state index contributed by atoms with van der Waals surface area (Å²) in [5.41, 5.74) is 0. The fraction of sp³-hybridized carbons (Fsp3) is 0.600. The molecule has 116 valence electrons. The predicted octanol–water partition coefficient (Wildman–Crippen LogP) is 2.74. The second kappa shape index (κ2) is 6.36. The van der Waals surface area contributed by atoms with E-state index in [2.05, 4.69) is 21.2 Å². The molecule has 1 aromatic carbocycles. The first-order chi connectivity index (χ1) is 10.1. The molecule has 1 N–H and O–H groups in total. The molecule has 1 atom stereocenters. The number of nitrogens with zero attached hydrogens (tertiary/aromatic N) is 1. The van der Waals surface area contributed by atoms with Gasteiger partial charge in [-0.25, -0.2) is 8.42 Å². The molecular formula is C15H21BrN2O2S. The number of sulfonamides is 1. The third-order valence-corrected chi connectivity index (χ3v) is 6.65. The van der Waals surface area contributed by atoms with Gasteiger partial charge < -0.3 is 5.32 Å². The number of benzene rings is 1. The summed E-state index contributed by atoms with van der Waals surface area (Å²) < 4.78 is 28.4. The molecule has 1 aliphatic carbocycles. The summed E-state index contributed by atoms with van der Waals surface area (Å²) >= 11 is 3.35. The van der Waals surface area contributed by atoms with Crippen molar-refractivity contribution in [1.29, 1.82) is 0 Å². The molecule has 2 fully saturated rings. The zero-order valence-corrected chi connectivity index (χ0v) is 14.4. The van der Waals surface area contributed by atoms with Crippen molar-refractivity contribution in [2.24, 2.45) is 0 Å². The fourth-order valence-corrected chi connectivity index (χ4v) is 4.84. The summed E-state index contributed by atoms with van der Waals surface area (Å²) in [5.74, 6) is 0. The highest BCUT2D eigenvalue weighted by molar-refractivity contribution is 9.10. The van der Waals surface area contributed by atoms with Crippen molar-refractivity contribution in [3.63, 3.8) is 0 Å². The van der Waals surface area contributed by atoms with Crippen LogP contribution in [-0.4, -0.2) is 37.9 Å². The van der Waals surface area contributed by atoms with Crippen LogP contribution in [0, 0.1) is 0 Å². The quantitative estimate of drug-likeness (QED) is 0.864. The number of nitrogens with one attached hydrogen (secondary N) is 1. The van der Waals surface area contributed by atoms with Crippen molar-refractivity contribution in [2.75, 3.05) is 13.1 Å². The summed E-state index contributed by atoms with van der Waals surface area (Å²) in [5, 5.41) is 3.45. The van der Waals surface area contributed by atoms with Gasteiger partial charge in [-0.15, -0.1) is 0 Å². The Morgan fingerprint density at radius 3 is 2.43 bits per heavy atom. The molecule has 1 saturated carbocycles. The molecule has 1 unspecified atom stereocenters. The highest BCUT2D eigenvalue weighted by Crippen LogP contribution is 2.33. The molecule has 4 nitrogen and oxygen atoms in total. The molecule has 2 aliphatic rings. The first kappa shape index (κ1) is 15.5. The zero-order chi connectivity index (χ0) is 14.9. The van der Waals surface area contributed by atoms with Gasteiger partial charge in [0.25, 0.3) is 0 Å². The zero-order valence-electron chi connectivity index (χ0n) is 12.0. The van der Waals surface area contributed by atoms with Gasteiger partial charge >= 0.3 is 0 Å². The Balaban J connectivity index is 1.80. The van der Waals surface area contributed by atoms with Gasteiger partial charge in [-0.3, -0.25) is 0 Å². The lowest BCUT2D eigenvalue weighted by Gasteiger charge is -2.30. The molecule has 1 aromatic rings. The minimum atomic E-state index is -3.38. The van der Waals surface area contributed by atoms with E-state index in [1.165, 1.54) is 12.8 Å². The van der Waals surface area contributed by atoms with E-state index < -0.39 is 10.0 Å². The van der Waals surface area contributed by atoms with Gasteiger partial charge in [-0.05, 0) is 56.5 Å². The first-order valence-electron chi connectivity index (χ1n) is 7.58. The van der Waals surface area contributed by atoms with Gasteiger partial charge in [0.15, 0.2) is 0 Å². The fourth-order valence-electron chi connectivity index (χ4n) is 2.84. The second-order valence-electron chi connectivity index (χ2n) is 5.91. The summed E-state index contributed by atoms with van der Waals surface area (Å²) in [4.78, 5) is 0.397. The molecule has 1 saturated heterocycles. The van der Waals surface area contributed by atoms with Gasteiger partial charge in [-0.2, -0.15) is 4.31 Å². The molecule has 1 aliphatic heterocycles. The Bertz CT molecular complexity index is 578. The maximum atomic E-state index is 12.9. The van der Waals surface area contributed by atoms with Crippen LogP contribution in [0.15, 0.2) is 33.6 Å². The van der Waals surface area contributed by atoms with Crippen LogP contribution in [0.4, 0.5) is 0 Å². The van der Waals surface area contributed by atoms with E-state index >= 15 is 0 Å². The summed E-state index contributed by atoms with van der Waals surface area (Å²) in [6, 6.07) is 7.44. The number of hydrogen-bond donors (Lipinski definition) is 1. The normalized spacial score (nSPS) is 23.4. The van der Waals surface area contributed by atoms with Gasteiger partial charge in [0.05, 0.1) is 4.90 Å². The third-order valence-electron chi connectivity index (χ3n) is 4.19. The average Bonchev–Trinajstić information content (AvgIpc) is 3.31. The standard InChI is InChI=1S/C15H21BrN2O2S/c16-12-4-8-15(9-5-12)21(19,20)18(14-6-7-14)11-13-3-1-2-10-17-13/h4-5,8-9,13-14,17H,1-3,6-7,10-11H2. The average molecular weight is 373 g/mol. The topological polar surface area (TPSA) is 49.4 Å². The molecule has 0 bridgehead atoms. The van der Waals surface area contributed by atoms with Crippen molar-refractivity contribution >= 4 is 26.0 Å². The van der Waals surface area contributed by atoms with Crippen molar-refractivity contribution in [3.05, 3.63) is 28.7 Å². The van der Waals surface area contributed by atoms with Crippen LogP contribution in [0.2, 0.25) is 0 Å². The summed E-state index contributed by atoms with van der Waals surface area (Å²) in [6.45, 7) is 1.60. The molecule has 0 spiro atoms. The molecule has 0 amide bonds. The van der Waals surface area contributed by atoms with Crippen molar-refractivity contribution in [2.45, 2.75) is 49.1 Å². The van der Waals surface area contributed by atoms with E-state index in [9.17, 15) is 8.42 Å². The van der Waals surface area contributed by atoms with Crippen molar-refractivity contribution in [3.8, 4) is 0 Å². The number of hydrogen-bond acceptors (Lipinski definition) is 3. The highest BCUT2D eigenvalue weighted by Gasteiger charge is 2.39. The van der Waals surface area contributed by atoms with Crippen LogP contribution < -0.4 is 5.32 Å². The predicted molar refractivity (Wildman–Crippen MR) is 86.7 cm³/mol. The minimum Gasteiger partial charge on any atom is -0.313 e. The van der Waals surface area contributed by atoms with E-state index in [1.807, 2.05) is 0 Å². The smallest absolute Gasteiger partial charge is 0.243 e. The van der Waals surface area contributed by atoms with Gasteiger partial charge in [-0.1, -0.05) is 22.4 Å². The Hall–Kier alpha value is -0.430. The van der Waals surface area contributed by atoms with E-state index in [0.717, 1.165) is 30.3 Å². The first-order valence-corrected chi connectivity index (χ1v) is 9.81. The van der Waals surface area contributed by atoms with Crippen molar-refractivity contribution in [1.82, 2.24) is 9.62 Å². The van der Waals surface area contributed by atoms with Crippen LogP contribution in [0.5, 0.6) is 0 Å². The van der Waals surface area contributed by atoms with Gasteiger partial charge in [0.2, 0.25) is 10.0 Å². The maximum Gasteiger partial charge on any atom is 0.243 e. The van der Waals surface area contributed by atoms with E-state index in [-0.39, 0.29) is 6.04 Å². The van der Waals surface area contributed by atoms with E-state index in [4.69, 9.17) is 0 Å². The monoisotopic (exact) mass is 372 g/mol. The van der Waals surface area contributed by atoms with Crippen LogP contribution in [0.3, 0.4) is 0 Å². The third kappa shape index (κ3) is 3.67. The van der Waals surface area contributed by atoms with Crippen LogP contribution in [0.25, 0.3) is 0 Å². The van der Waals surface area contributed by atoms with Gasteiger partial charge in [0, 0.05) is 23.1 Å². The Morgan fingerprint density at radius 1 is 1.14 bits per heavy atom. The Kier molecular flexibility index (Phi) is 4.69. The number of halogens is 1. The lowest BCUT2D eigenvalue weighted by Crippen LogP contribution is -2.46. The number of rotatable bonds is 5. The maximum absolute atomic E-state index is 12.9. The molecule has 6 heteroatoms. The van der Waals surface area contributed by atoms with Crippen LogP contribution >= 0.6 is 15.9 Å². The second-order valence-corrected chi connectivity index (χ2v) is 8.71. The van der Waals surface area contributed by atoms with Crippen LogP contribution in [0.1, 0.15) is 32.1 Å². The minimum absolute atomic E-state index is 0.197. The van der Waals surface area contributed by atoms with E-state index in [0.29, 0.717) is 17.5 Å². The van der Waals surface area contributed by atoms with E-state index in [1.54, 1.807) is 28.6 Å². The SMILES string of the molecule is O=S(=O)(c1ccc(Br)cc1)N(CC1CCCCN1)C1CC1. The molecular weight excluding hydrogens is 352 g/mol. The molecule has 3 rings (SSSR count). The highest BCUT2D eigenvalue weighted by atomic mass is 79.9. The van der Waals surface area contributed by atoms with Crippen LogP contribution in [-0.2, 0) is 10.0 Å². The molecule has 0 aromatic heterocycles. The lowest BCUT2D eigenvalue weighted by atomic mass is 10.1. The lowest BCUT2D eigenvalue weighted by molar-refractivity contribution is 0.307. The Labute approximate surface area is 135 Å². The summed E-state index contributed by atoms with van der Waals surface area (Å²) in [7, 11) is -3.38. The number of piperidine rings is 1. The molecule has 21 heavy (non-hydrogen) atoms. The Morgan fingerprint density at radius 2 is 1.86 bits per heavy atom.